The zero-order valence-electron chi connectivity index (χ0n) is 12.9. The van der Waals surface area contributed by atoms with Crippen LogP contribution in [0.15, 0.2) is 6.07 Å². The Morgan fingerprint density at radius 3 is 2.62 bits per heavy atom. The molecule has 1 aromatic rings. The molecule has 0 saturated carbocycles. The van der Waals surface area contributed by atoms with Crippen molar-refractivity contribution in [1.29, 1.82) is 0 Å². The van der Waals surface area contributed by atoms with E-state index in [0.717, 1.165) is 5.69 Å². The lowest BCUT2D eigenvalue weighted by atomic mass is 9.87. The zero-order chi connectivity index (χ0) is 15.8. The normalized spacial score (nSPS) is 17.1. The molecule has 0 aromatic carbocycles. The van der Waals surface area contributed by atoms with Gasteiger partial charge in [0.2, 0.25) is 0 Å². The summed E-state index contributed by atoms with van der Waals surface area (Å²) in [5.41, 5.74) is 2.13. The molecule has 0 aliphatic carbocycles. The Bertz CT molecular complexity index is 672. The molecule has 5 nitrogen and oxygen atoms in total. The van der Waals surface area contributed by atoms with Crippen LogP contribution >= 0.6 is 0 Å². The number of pyridine rings is 1. The Morgan fingerprint density at radius 1 is 1.38 bits per heavy atom. The summed E-state index contributed by atoms with van der Waals surface area (Å²) in [6.07, 6.45) is 0.407. The van der Waals surface area contributed by atoms with Crippen LogP contribution in [0.1, 0.15) is 55.0 Å². The highest BCUT2D eigenvalue weighted by atomic mass is 32.2. The summed E-state index contributed by atoms with van der Waals surface area (Å²) < 4.78 is 28.6. The van der Waals surface area contributed by atoms with Crippen LogP contribution in [0.4, 0.5) is 0 Å². The fourth-order valence-corrected chi connectivity index (χ4v) is 3.80. The van der Waals surface area contributed by atoms with E-state index in [2.05, 4.69) is 4.98 Å². The lowest BCUT2D eigenvalue weighted by Gasteiger charge is -2.25. The smallest absolute Gasteiger partial charge is 0.340 e. The minimum absolute atomic E-state index is 0.0494. The van der Waals surface area contributed by atoms with Crippen molar-refractivity contribution in [2.45, 2.75) is 45.3 Å². The number of carbonyl (C=O) groups excluding carboxylic acids is 1. The van der Waals surface area contributed by atoms with Gasteiger partial charge in [0, 0.05) is 17.5 Å². The van der Waals surface area contributed by atoms with Crippen molar-refractivity contribution < 1.29 is 17.9 Å². The van der Waals surface area contributed by atoms with Gasteiger partial charge in [-0.1, -0.05) is 20.8 Å². The second kappa shape index (κ2) is 5.40. The quantitative estimate of drug-likeness (QED) is 0.781. The van der Waals surface area contributed by atoms with E-state index in [0.29, 0.717) is 23.2 Å². The molecule has 0 unspecified atom stereocenters. The monoisotopic (exact) mass is 311 g/mol. The van der Waals surface area contributed by atoms with E-state index in [1.54, 1.807) is 13.0 Å². The SMILES string of the molecule is CCOC(=O)c1cc2c(nc1C(C)(C)C)CCS(=O)(=O)C2. The van der Waals surface area contributed by atoms with E-state index in [-0.39, 0.29) is 23.5 Å². The fourth-order valence-electron chi connectivity index (χ4n) is 2.43. The maximum Gasteiger partial charge on any atom is 0.340 e. The van der Waals surface area contributed by atoms with Gasteiger partial charge in [-0.05, 0) is 18.6 Å². The molecular formula is C15H21NO4S. The topological polar surface area (TPSA) is 73.3 Å². The summed E-state index contributed by atoms with van der Waals surface area (Å²) in [5.74, 6) is -0.373. The lowest BCUT2D eigenvalue weighted by molar-refractivity contribution is 0.0522. The summed E-state index contributed by atoms with van der Waals surface area (Å²) in [6.45, 7) is 7.95. The minimum Gasteiger partial charge on any atom is -0.462 e. The minimum atomic E-state index is -3.09. The summed E-state index contributed by atoms with van der Waals surface area (Å²) in [6, 6.07) is 1.65. The molecule has 6 heteroatoms. The molecule has 0 amide bonds. The highest BCUT2D eigenvalue weighted by molar-refractivity contribution is 7.90. The molecule has 0 radical (unpaired) electrons. The highest BCUT2D eigenvalue weighted by Gasteiger charge is 2.30. The molecule has 116 valence electrons. The molecule has 2 rings (SSSR count). The summed E-state index contributed by atoms with van der Waals surface area (Å²) in [5, 5.41) is 0. The number of nitrogens with zero attached hydrogens (tertiary/aromatic N) is 1. The van der Waals surface area contributed by atoms with Gasteiger partial charge in [0.05, 0.1) is 29.4 Å². The van der Waals surface area contributed by atoms with Crippen molar-refractivity contribution in [2.75, 3.05) is 12.4 Å². The molecule has 21 heavy (non-hydrogen) atoms. The average Bonchev–Trinajstić information content (AvgIpc) is 2.35. The molecule has 2 heterocycles. The van der Waals surface area contributed by atoms with Crippen LogP contribution < -0.4 is 0 Å². The predicted molar refractivity (Wildman–Crippen MR) is 80.1 cm³/mol. The van der Waals surface area contributed by atoms with Crippen LogP contribution in [0.3, 0.4) is 0 Å². The predicted octanol–water partition coefficient (Wildman–Crippen LogP) is 2.03. The van der Waals surface area contributed by atoms with E-state index in [9.17, 15) is 13.2 Å². The third-order valence-electron chi connectivity index (χ3n) is 3.42. The third kappa shape index (κ3) is 3.43. The molecule has 1 aromatic heterocycles. The van der Waals surface area contributed by atoms with Crippen LogP contribution in [0, 0.1) is 0 Å². The van der Waals surface area contributed by atoms with Crippen molar-refractivity contribution >= 4 is 15.8 Å². The summed E-state index contributed by atoms with van der Waals surface area (Å²) in [4.78, 5) is 16.7. The largest absolute Gasteiger partial charge is 0.462 e. The van der Waals surface area contributed by atoms with E-state index >= 15 is 0 Å². The first-order valence-electron chi connectivity index (χ1n) is 7.05. The first-order chi connectivity index (χ1) is 9.64. The summed E-state index contributed by atoms with van der Waals surface area (Å²) in [7, 11) is -3.09. The number of fused-ring (bicyclic) bond motifs is 1. The average molecular weight is 311 g/mol. The molecule has 0 saturated heterocycles. The van der Waals surface area contributed by atoms with Gasteiger partial charge in [-0.25, -0.2) is 13.2 Å². The van der Waals surface area contributed by atoms with Gasteiger partial charge < -0.3 is 4.74 Å². The number of aryl methyl sites for hydroxylation is 1. The van der Waals surface area contributed by atoms with Gasteiger partial charge in [-0.3, -0.25) is 4.98 Å². The Morgan fingerprint density at radius 2 is 2.05 bits per heavy atom. The Hall–Kier alpha value is -1.43. The van der Waals surface area contributed by atoms with Crippen LogP contribution in [0.25, 0.3) is 0 Å². The molecule has 0 bridgehead atoms. The number of hydrogen-bond donors (Lipinski definition) is 0. The van der Waals surface area contributed by atoms with Gasteiger partial charge in [-0.2, -0.15) is 0 Å². The zero-order valence-corrected chi connectivity index (χ0v) is 13.7. The Kier molecular flexibility index (Phi) is 4.10. The van der Waals surface area contributed by atoms with E-state index < -0.39 is 15.8 Å². The van der Waals surface area contributed by atoms with Crippen LogP contribution in [0.2, 0.25) is 0 Å². The van der Waals surface area contributed by atoms with Crippen molar-refractivity contribution in [3.05, 3.63) is 28.6 Å². The Labute approximate surface area is 125 Å². The number of ether oxygens (including phenoxy) is 1. The van der Waals surface area contributed by atoms with Crippen molar-refractivity contribution in [2.24, 2.45) is 0 Å². The number of sulfone groups is 1. The van der Waals surface area contributed by atoms with Gasteiger partial charge in [-0.15, -0.1) is 0 Å². The highest BCUT2D eigenvalue weighted by Crippen LogP contribution is 2.29. The van der Waals surface area contributed by atoms with E-state index in [1.807, 2.05) is 20.8 Å². The molecule has 1 aliphatic heterocycles. The molecule has 0 fully saturated rings. The Balaban J connectivity index is 2.59. The number of esters is 1. The molecular weight excluding hydrogens is 290 g/mol. The van der Waals surface area contributed by atoms with Gasteiger partial charge in [0.25, 0.3) is 0 Å². The fraction of sp³-hybridized carbons (Fsp3) is 0.600. The van der Waals surface area contributed by atoms with Crippen molar-refractivity contribution in [1.82, 2.24) is 4.98 Å². The number of hydrogen-bond acceptors (Lipinski definition) is 5. The van der Waals surface area contributed by atoms with Gasteiger partial charge in [0.1, 0.15) is 0 Å². The van der Waals surface area contributed by atoms with Crippen molar-refractivity contribution in [3.63, 3.8) is 0 Å². The lowest BCUT2D eigenvalue weighted by Crippen LogP contribution is -2.26. The number of carbonyl (C=O) groups is 1. The maximum atomic E-state index is 12.1. The first kappa shape index (κ1) is 15.9. The first-order valence-corrected chi connectivity index (χ1v) is 8.87. The second-order valence-corrected chi connectivity index (χ2v) is 8.49. The molecule has 1 aliphatic rings. The van der Waals surface area contributed by atoms with E-state index in [1.165, 1.54) is 0 Å². The van der Waals surface area contributed by atoms with Crippen LogP contribution in [-0.2, 0) is 32.2 Å². The third-order valence-corrected chi connectivity index (χ3v) is 5.00. The second-order valence-electron chi connectivity index (χ2n) is 6.30. The van der Waals surface area contributed by atoms with Gasteiger partial charge in [0.15, 0.2) is 9.84 Å². The standard InChI is InChI=1S/C15H21NO4S/c1-5-20-14(17)11-8-10-9-21(18,19)7-6-12(10)16-13(11)15(2,3)4/h8H,5-7,9H2,1-4H3. The van der Waals surface area contributed by atoms with Gasteiger partial charge >= 0.3 is 5.97 Å². The van der Waals surface area contributed by atoms with Crippen LogP contribution in [0.5, 0.6) is 0 Å². The molecule has 0 spiro atoms. The van der Waals surface area contributed by atoms with Crippen LogP contribution in [-0.4, -0.2) is 31.7 Å². The number of rotatable bonds is 2. The molecule has 0 atom stereocenters. The maximum absolute atomic E-state index is 12.1. The molecule has 0 N–H and O–H groups in total. The van der Waals surface area contributed by atoms with E-state index in [4.69, 9.17) is 4.74 Å². The number of aromatic nitrogens is 1. The van der Waals surface area contributed by atoms with Crippen molar-refractivity contribution in [3.8, 4) is 0 Å². The summed E-state index contributed by atoms with van der Waals surface area (Å²) >= 11 is 0.